The second-order valence-electron chi connectivity index (χ2n) is 5.77. The van der Waals surface area contributed by atoms with Gasteiger partial charge in [-0.05, 0) is 29.8 Å². The van der Waals surface area contributed by atoms with Crippen LogP contribution >= 0.6 is 11.6 Å². The number of furan rings is 1. The Bertz CT molecular complexity index is 889. The first-order chi connectivity index (χ1) is 12.4. The van der Waals surface area contributed by atoms with Gasteiger partial charge in [0.15, 0.2) is 0 Å². The lowest BCUT2D eigenvalue weighted by atomic mass is 10.2. The third kappa shape index (κ3) is 4.24. The van der Waals surface area contributed by atoms with Crippen molar-refractivity contribution < 1.29 is 22.0 Å². The summed E-state index contributed by atoms with van der Waals surface area (Å²) in [6, 6.07) is 7.22. The van der Waals surface area contributed by atoms with E-state index in [-0.39, 0.29) is 37.7 Å². The van der Waals surface area contributed by atoms with Gasteiger partial charge in [-0.3, -0.25) is 4.79 Å². The molecule has 3 rings (SSSR count). The van der Waals surface area contributed by atoms with Crippen LogP contribution in [0.3, 0.4) is 0 Å². The van der Waals surface area contributed by atoms with Gasteiger partial charge in [-0.1, -0.05) is 17.7 Å². The van der Waals surface area contributed by atoms with E-state index in [4.69, 9.17) is 16.0 Å². The van der Waals surface area contributed by atoms with Crippen LogP contribution in [-0.2, 0) is 28.1 Å². The van der Waals surface area contributed by atoms with Gasteiger partial charge < -0.3 is 9.73 Å². The Kier molecular flexibility index (Phi) is 5.61. The van der Waals surface area contributed by atoms with E-state index in [1.807, 2.05) is 0 Å². The summed E-state index contributed by atoms with van der Waals surface area (Å²) >= 11 is 5.96. The van der Waals surface area contributed by atoms with Crippen molar-refractivity contribution in [2.24, 2.45) is 0 Å². The molecule has 0 aliphatic carbocycles. The summed E-state index contributed by atoms with van der Waals surface area (Å²) in [4.78, 5) is 12.0. The Hall–Kier alpha value is -1.94. The molecule has 1 fully saturated rings. The van der Waals surface area contributed by atoms with Crippen LogP contribution in [0.4, 0.5) is 4.39 Å². The molecule has 1 aromatic heterocycles. The van der Waals surface area contributed by atoms with Crippen LogP contribution in [0.25, 0.3) is 0 Å². The fraction of sp³-hybridized carbons (Fsp3) is 0.312. The molecule has 1 aromatic carbocycles. The Morgan fingerprint density at radius 1 is 1.27 bits per heavy atom. The second kappa shape index (κ2) is 7.75. The summed E-state index contributed by atoms with van der Waals surface area (Å²) in [5.41, 5.74) is 0.501. The average molecular weight is 402 g/mol. The molecule has 7 nitrogen and oxygen atoms in total. The molecule has 1 aliphatic heterocycles. The summed E-state index contributed by atoms with van der Waals surface area (Å²) in [7, 11) is -3.79. The highest BCUT2D eigenvalue weighted by atomic mass is 35.5. The highest BCUT2D eigenvalue weighted by Crippen LogP contribution is 2.24. The minimum Gasteiger partial charge on any atom is -0.467 e. The number of halogens is 2. The molecule has 26 heavy (non-hydrogen) atoms. The molecule has 0 bridgehead atoms. The van der Waals surface area contributed by atoms with Gasteiger partial charge in [0.05, 0.1) is 19.4 Å². The zero-order chi connectivity index (χ0) is 18.7. The van der Waals surface area contributed by atoms with Gasteiger partial charge in [-0.15, -0.1) is 0 Å². The fourth-order valence-electron chi connectivity index (χ4n) is 2.59. The zero-order valence-electron chi connectivity index (χ0n) is 13.7. The van der Waals surface area contributed by atoms with Crippen molar-refractivity contribution in [3.63, 3.8) is 0 Å². The van der Waals surface area contributed by atoms with E-state index in [0.29, 0.717) is 11.3 Å². The van der Waals surface area contributed by atoms with Gasteiger partial charge in [-0.2, -0.15) is 17.0 Å². The Morgan fingerprint density at radius 3 is 2.73 bits per heavy atom. The van der Waals surface area contributed by atoms with Gasteiger partial charge in [0.25, 0.3) is 10.2 Å². The van der Waals surface area contributed by atoms with Crippen LogP contribution in [0, 0.1) is 5.82 Å². The van der Waals surface area contributed by atoms with Gasteiger partial charge in [-0.25, -0.2) is 4.39 Å². The highest BCUT2D eigenvalue weighted by molar-refractivity contribution is 7.87. The zero-order valence-corrected chi connectivity index (χ0v) is 15.3. The molecule has 140 valence electrons. The van der Waals surface area contributed by atoms with Crippen molar-refractivity contribution in [2.45, 2.75) is 13.1 Å². The van der Waals surface area contributed by atoms with Crippen molar-refractivity contribution in [1.82, 2.24) is 13.9 Å². The van der Waals surface area contributed by atoms with Crippen molar-refractivity contribution >= 4 is 27.7 Å². The quantitative estimate of drug-likeness (QED) is 0.799. The van der Waals surface area contributed by atoms with E-state index in [2.05, 4.69) is 5.32 Å². The molecule has 2 aromatic rings. The maximum absolute atomic E-state index is 13.1. The second-order valence-corrected chi connectivity index (χ2v) is 8.10. The number of nitrogens with zero attached hydrogens (tertiary/aromatic N) is 2. The lowest BCUT2D eigenvalue weighted by Crippen LogP contribution is -2.40. The van der Waals surface area contributed by atoms with Crippen LogP contribution in [0.5, 0.6) is 0 Å². The number of amides is 1. The first-order valence-electron chi connectivity index (χ1n) is 7.84. The van der Waals surface area contributed by atoms with Crippen molar-refractivity contribution in [1.29, 1.82) is 0 Å². The summed E-state index contributed by atoms with van der Waals surface area (Å²) in [5, 5.41) is 2.77. The molecule has 0 radical (unpaired) electrons. The van der Waals surface area contributed by atoms with Crippen molar-refractivity contribution in [3.8, 4) is 0 Å². The Labute approximate surface area is 155 Å². The number of rotatable bonds is 6. The molecule has 1 aliphatic rings. The number of nitrogens with one attached hydrogen (secondary N) is 1. The van der Waals surface area contributed by atoms with Crippen LogP contribution < -0.4 is 5.32 Å². The first-order valence-corrected chi connectivity index (χ1v) is 9.62. The van der Waals surface area contributed by atoms with E-state index in [9.17, 15) is 17.6 Å². The molecule has 2 heterocycles. The lowest BCUT2D eigenvalue weighted by Gasteiger charge is -2.18. The molecule has 0 spiro atoms. The monoisotopic (exact) mass is 401 g/mol. The molecule has 1 N–H and O–H groups in total. The fourth-order valence-corrected chi connectivity index (χ4v) is 4.35. The maximum atomic E-state index is 13.1. The minimum atomic E-state index is -3.79. The Morgan fingerprint density at radius 2 is 2.04 bits per heavy atom. The van der Waals surface area contributed by atoms with Crippen LogP contribution in [-0.4, -0.2) is 42.6 Å². The smallest absolute Gasteiger partial charge is 0.282 e. The summed E-state index contributed by atoms with van der Waals surface area (Å²) in [6.45, 7) is 0.341. The van der Waals surface area contributed by atoms with Crippen LogP contribution in [0.15, 0.2) is 41.0 Å². The van der Waals surface area contributed by atoms with E-state index in [1.54, 1.807) is 12.1 Å². The van der Waals surface area contributed by atoms with E-state index in [0.717, 1.165) is 10.4 Å². The molecule has 1 saturated heterocycles. The number of hydrogen-bond donors (Lipinski definition) is 1. The normalized spacial score (nSPS) is 17.5. The third-order valence-corrected chi connectivity index (χ3v) is 6.25. The molecule has 1 amide bonds. The number of carbonyl (C=O) groups excluding carboxylic acids is 1. The summed E-state index contributed by atoms with van der Waals surface area (Å²) in [6.07, 6.45) is 1.49. The van der Waals surface area contributed by atoms with Gasteiger partial charge >= 0.3 is 0 Å². The standard InChI is InChI=1S/C16H17ClFN3O4S/c17-15-8-13(18)4-3-12(15)10-20-5-6-21(26(20,23)24)11-16(22)19-9-14-2-1-7-25-14/h1-4,7-8H,5-6,9-11H2,(H,19,22). The van der Waals surface area contributed by atoms with Crippen molar-refractivity contribution in [3.05, 3.63) is 58.8 Å². The largest absolute Gasteiger partial charge is 0.467 e. The predicted molar refractivity (Wildman–Crippen MR) is 92.9 cm³/mol. The minimum absolute atomic E-state index is 0.0198. The summed E-state index contributed by atoms with van der Waals surface area (Å²) < 4.78 is 45.7. The first kappa shape index (κ1) is 18.8. The van der Waals surface area contributed by atoms with Gasteiger partial charge in [0.2, 0.25) is 5.91 Å². The number of carbonyl (C=O) groups is 1. The highest BCUT2D eigenvalue weighted by Gasteiger charge is 2.37. The molecule has 0 atom stereocenters. The van der Waals surface area contributed by atoms with E-state index < -0.39 is 21.9 Å². The molecular formula is C16H17ClFN3O4S. The van der Waals surface area contributed by atoms with Gasteiger partial charge in [0.1, 0.15) is 11.6 Å². The average Bonchev–Trinajstić information content (AvgIpc) is 3.18. The molecular weight excluding hydrogens is 385 g/mol. The number of hydrogen-bond acceptors (Lipinski definition) is 4. The number of benzene rings is 1. The lowest BCUT2D eigenvalue weighted by molar-refractivity contribution is -0.121. The molecule has 10 heteroatoms. The van der Waals surface area contributed by atoms with E-state index in [1.165, 1.54) is 22.7 Å². The molecule has 0 unspecified atom stereocenters. The third-order valence-electron chi connectivity index (χ3n) is 3.97. The van der Waals surface area contributed by atoms with E-state index >= 15 is 0 Å². The summed E-state index contributed by atoms with van der Waals surface area (Å²) in [5.74, 6) is -0.334. The maximum Gasteiger partial charge on any atom is 0.282 e. The Balaban J connectivity index is 1.59. The predicted octanol–water partition coefficient (Wildman–Crippen LogP) is 1.75. The van der Waals surface area contributed by atoms with Gasteiger partial charge in [0, 0.05) is 24.7 Å². The topological polar surface area (TPSA) is 82.9 Å². The van der Waals surface area contributed by atoms with Crippen LogP contribution in [0.1, 0.15) is 11.3 Å². The van der Waals surface area contributed by atoms with Crippen molar-refractivity contribution in [2.75, 3.05) is 19.6 Å². The molecule has 0 saturated carbocycles. The van der Waals surface area contributed by atoms with Crippen LogP contribution in [0.2, 0.25) is 5.02 Å². The SMILES string of the molecule is O=C(CN1CCN(Cc2ccc(F)cc2Cl)S1(=O)=O)NCc1ccco1.